The number of rotatable bonds is 6. The van der Waals surface area contributed by atoms with Crippen LogP contribution in [0.3, 0.4) is 0 Å². The van der Waals surface area contributed by atoms with Gasteiger partial charge in [0.15, 0.2) is 0 Å². The molecule has 0 aliphatic carbocycles. The van der Waals surface area contributed by atoms with Gasteiger partial charge < -0.3 is 34.6 Å². The highest BCUT2D eigenvalue weighted by atomic mass is 35.5. The highest BCUT2D eigenvalue weighted by molar-refractivity contribution is 6.33. The van der Waals surface area contributed by atoms with Crippen molar-refractivity contribution in [2.24, 2.45) is 0 Å². The predicted molar refractivity (Wildman–Crippen MR) is 118 cm³/mol. The number of aliphatic hydroxyl groups is 4. The van der Waals surface area contributed by atoms with E-state index in [9.17, 15) is 20.4 Å². The normalized spacial score (nSPS) is 29.5. The van der Waals surface area contributed by atoms with E-state index in [1.807, 2.05) is 44.2 Å². The Morgan fingerprint density at radius 2 is 1.81 bits per heavy atom. The molecule has 1 fully saturated rings. The van der Waals surface area contributed by atoms with E-state index in [2.05, 4.69) is 0 Å². The van der Waals surface area contributed by atoms with E-state index in [-0.39, 0.29) is 5.92 Å². The van der Waals surface area contributed by atoms with Gasteiger partial charge in [0.05, 0.1) is 24.8 Å². The van der Waals surface area contributed by atoms with Crippen molar-refractivity contribution in [2.45, 2.75) is 56.7 Å². The summed E-state index contributed by atoms with van der Waals surface area (Å²) < 4.78 is 17.2. The Kier molecular flexibility index (Phi) is 6.95. The molecule has 0 bridgehead atoms. The van der Waals surface area contributed by atoms with Crippen molar-refractivity contribution in [3.05, 3.63) is 57.6 Å². The van der Waals surface area contributed by atoms with Gasteiger partial charge in [-0.3, -0.25) is 0 Å². The number of ether oxygens (including phenoxy) is 3. The number of hydrogen-bond donors (Lipinski definition) is 4. The maximum Gasteiger partial charge on any atom is 0.142 e. The fourth-order valence-electron chi connectivity index (χ4n) is 4.48. The zero-order chi connectivity index (χ0) is 23.0. The van der Waals surface area contributed by atoms with Crippen LogP contribution in [0.1, 0.15) is 48.1 Å². The average molecular weight is 465 g/mol. The molecule has 4 rings (SSSR count). The molecule has 2 aliphatic rings. The van der Waals surface area contributed by atoms with Gasteiger partial charge in [-0.15, -0.1) is 0 Å². The molecule has 2 aromatic carbocycles. The Bertz CT molecular complexity index is 946. The average Bonchev–Trinajstić information content (AvgIpc) is 3.18. The predicted octanol–water partition coefficient (Wildman–Crippen LogP) is 2.34. The molecule has 0 amide bonds. The number of fused-ring (bicyclic) bond motifs is 1. The van der Waals surface area contributed by atoms with Crippen molar-refractivity contribution in [3.63, 3.8) is 0 Å². The van der Waals surface area contributed by atoms with Crippen molar-refractivity contribution in [2.75, 3.05) is 19.8 Å². The van der Waals surface area contributed by atoms with E-state index >= 15 is 0 Å². The van der Waals surface area contributed by atoms with Crippen molar-refractivity contribution >= 4 is 11.6 Å². The summed E-state index contributed by atoms with van der Waals surface area (Å²) in [5.41, 5.74) is 3.26. The van der Waals surface area contributed by atoms with Gasteiger partial charge in [-0.2, -0.15) is 0 Å². The van der Waals surface area contributed by atoms with Gasteiger partial charge in [-0.1, -0.05) is 36.7 Å². The maximum absolute atomic E-state index is 10.7. The van der Waals surface area contributed by atoms with Crippen molar-refractivity contribution < 1.29 is 34.6 Å². The minimum absolute atomic E-state index is 0.00407. The topological polar surface area (TPSA) is 109 Å². The largest absolute Gasteiger partial charge is 0.494 e. The Labute approximate surface area is 192 Å². The molecule has 1 saturated heterocycles. The van der Waals surface area contributed by atoms with E-state index in [4.69, 9.17) is 25.8 Å². The van der Waals surface area contributed by atoms with E-state index in [1.165, 1.54) is 0 Å². The molecule has 32 heavy (non-hydrogen) atoms. The summed E-state index contributed by atoms with van der Waals surface area (Å²) in [5.74, 6) is 1.34. The number of halogens is 1. The molecule has 2 heterocycles. The Morgan fingerprint density at radius 3 is 2.47 bits per heavy atom. The quantitative estimate of drug-likeness (QED) is 0.519. The van der Waals surface area contributed by atoms with Gasteiger partial charge in [-0.25, -0.2) is 0 Å². The van der Waals surface area contributed by atoms with Gasteiger partial charge in [-0.05, 0) is 42.2 Å². The molecule has 2 aromatic rings. The van der Waals surface area contributed by atoms with Crippen molar-refractivity contribution in [1.29, 1.82) is 0 Å². The van der Waals surface area contributed by atoms with Crippen LogP contribution in [-0.2, 0) is 11.2 Å². The minimum Gasteiger partial charge on any atom is -0.494 e. The number of hydrogen-bond acceptors (Lipinski definition) is 7. The second-order valence-corrected chi connectivity index (χ2v) is 8.77. The van der Waals surface area contributed by atoms with Crippen LogP contribution < -0.4 is 9.47 Å². The van der Waals surface area contributed by atoms with Crippen LogP contribution in [0.4, 0.5) is 0 Å². The summed E-state index contributed by atoms with van der Waals surface area (Å²) >= 11 is 6.72. The summed E-state index contributed by atoms with van der Waals surface area (Å²) in [7, 11) is 0. The van der Waals surface area contributed by atoms with E-state index < -0.39 is 37.1 Å². The van der Waals surface area contributed by atoms with E-state index in [0.717, 1.165) is 22.4 Å². The SMILES string of the molecule is CCOc1ccc(Cc2cc([C@@H]3O[C@H](CO)[C@@H](O)[C@H](O)[C@H]3O)c3c(c2Cl)OCC3C)cc1. The lowest BCUT2D eigenvalue weighted by Gasteiger charge is -2.41. The van der Waals surface area contributed by atoms with Gasteiger partial charge in [0, 0.05) is 11.5 Å². The number of aliphatic hydroxyl groups excluding tert-OH is 4. The van der Waals surface area contributed by atoms with Gasteiger partial charge in [0.25, 0.3) is 0 Å². The first kappa shape index (κ1) is 23.3. The fraction of sp³-hybridized carbons (Fsp3) is 0.500. The Balaban J connectivity index is 1.73. The Morgan fingerprint density at radius 1 is 1.09 bits per heavy atom. The van der Waals surface area contributed by atoms with Gasteiger partial charge >= 0.3 is 0 Å². The third kappa shape index (κ3) is 4.21. The van der Waals surface area contributed by atoms with Crippen LogP contribution in [0, 0.1) is 0 Å². The van der Waals surface area contributed by atoms with Crippen LogP contribution in [0.2, 0.25) is 5.02 Å². The lowest BCUT2D eigenvalue weighted by molar-refractivity contribution is -0.231. The molecule has 2 aliphatic heterocycles. The molecule has 174 valence electrons. The summed E-state index contributed by atoms with van der Waals surface area (Å²) in [4.78, 5) is 0. The second kappa shape index (κ2) is 9.55. The molecule has 0 saturated carbocycles. The van der Waals surface area contributed by atoms with Gasteiger partial charge in [0.2, 0.25) is 0 Å². The lowest BCUT2D eigenvalue weighted by Crippen LogP contribution is -2.55. The molecule has 7 nitrogen and oxygen atoms in total. The molecule has 6 atom stereocenters. The zero-order valence-corrected chi connectivity index (χ0v) is 18.8. The van der Waals surface area contributed by atoms with Crippen molar-refractivity contribution in [3.8, 4) is 11.5 Å². The second-order valence-electron chi connectivity index (χ2n) is 8.40. The third-order valence-corrected chi connectivity index (χ3v) is 6.58. The molecular formula is C24H29ClO7. The molecule has 1 unspecified atom stereocenters. The number of benzene rings is 2. The van der Waals surface area contributed by atoms with Crippen LogP contribution >= 0.6 is 11.6 Å². The monoisotopic (exact) mass is 464 g/mol. The van der Waals surface area contributed by atoms with Crippen LogP contribution in [-0.4, -0.2) is 64.7 Å². The van der Waals surface area contributed by atoms with Crippen molar-refractivity contribution in [1.82, 2.24) is 0 Å². The first-order valence-corrected chi connectivity index (χ1v) is 11.2. The summed E-state index contributed by atoms with van der Waals surface area (Å²) in [6.07, 6.45) is -5.66. The molecular weight excluding hydrogens is 436 g/mol. The summed E-state index contributed by atoms with van der Waals surface area (Å²) in [6.45, 7) is 4.46. The third-order valence-electron chi connectivity index (χ3n) is 6.16. The van der Waals surface area contributed by atoms with Gasteiger partial charge in [0.1, 0.15) is 42.0 Å². The fourth-order valence-corrected chi connectivity index (χ4v) is 4.76. The van der Waals surface area contributed by atoms with Crippen LogP contribution in [0.5, 0.6) is 11.5 Å². The summed E-state index contributed by atoms with van der Waals surface area (Å²) in [5, 5.41) is 41.3. The molecule has 0 spiro atoms. The molecule has 4 N–H and O–H groups in total. The Hall–Kier alpha value is -1.87. The highest BCUT2D eigenvalue weighted by Gasteiger charge is 2.46. The van der Waals surface area contributed by atoms with Crippen LogP contribution in [0.15, 0.2) is 30.3 Å². The smallest absolute Gasteiger partial charge is 0.142 e. The first-order chi connectivity index (χ1) is 15.3. The van der Waals surface area contributed by atoms with E-state index in [0.29, 0.717) is 36.0 Å². The standard InChI is InChI=1S/C24H29ClO7/c1-3-30-15-6-4-13(5-7-15)8-14-9-16(18-12(2)11-31-24(18)19(14)25)23-22(29)21(28)20(27)17(10-26)32-23/h4-7,9,12,17,20-23,26-29H,3,8,10-11H2,1-2H3/t12?,17-,20-,21+,22-,23+/m1/s1. The maximum atomic E-state index is 10.7. The lowest BCUT2D eigenvalue weighted by atomic mass is 9.85. The molecule has 0 radical (unpaired) electrons. The summed E-state index contributed by atoms with van der Waals surface area (Å²) in [6, 6.07) is 9.60. The van der Waals surface area contributed by atoms with E-state index in [1.54, 1.807) is 0 Å². The minimum atomic E-state index is -1.45. The molecule has 0 aromatic heterocycles. The van der Waals surface area contributed by atoms with Crippen LogP contribution in [0.25, 0.3) is 0 Å². The molecule has 8 heteroatoms. The zero-order valence-electron chi connectivity index (χ0n) is 18.1. The first-order valence-electron chi connectivity index (χ1n) is 10.9. The highest BCUT2D eigenvalue weighted by Crippen LogP contribution is 2.48.